The van der Waals surface area contributed by atoms with E-state index < -0.39 is 0 Å². The molecule has 1 aliphatic rings. The van der Waals surface area contributed by atoms with E-state index in [0.29, 0.717) is 5.92 Å². The molecular weight excluding hydrogens is 815 g/mol. The van der Waals surface area contributed by atoms with Crippen LogP contribution in [0.4, 0.5) is 0 Å². The van der Waals surface area contributed by atoms with Crippen molar-refractivity contribution in [3.63, 3.8) is 0 Å². The molecule has 0 saturated heterocycles. The summed E-state index contributed by atoms with van der Waals surface area (Å²) in [5.41, 5.74) is 7.83. The number of nitrogens with zero attached hydrogens (tertiary/aromatic N) is 1. The van der Waals surface area contributed by atoms with Crippen LogP contribution in [0.25, 0.3) is 53.7 Å². The number of furan rings is 1. The number of aromatic nitrogens is 1. The first-order chi connectivity index (χ1) is 23.5. The molecule has 0 spiro atoms. The Morgan fingerprint density at radius 1 is 0.900 bits per heavy atom. The van der Waals surface area contributed by atoms with Crippen molar-refractivity contribution in [3.05, 3.63) is 101 Å². The van der Waals surface area contributed by atoms with Crippen LogP contribution in [0.3, 0.4) is 0 Å². The van der Waals surface area contributed by atoms with Gasteiger partial charge in [-0.05, 0) is 77.2 Å². The first-order valence-corrected chi connectivity index (χ1v) is 18.7. The maximum absolute atomic E-state index is 11.7. The Morgan fingerprint density at radius 2 is 1.58 bits per heavy atom. The molecule has 0 saturated carbocycles. The van der Waals surface area contributed by atoms with Crippen LogP contribution < -0.4 is 0 Å². The second-order valence-electron chi connectivity index (χ2n) is 14.1. The molecule has 263 valence electrons. The van der Waals surface area contributed by atoms with Gasteiger partial charge in [0, 0.05) is 59.9 Å². The average Bonchev–Trinajstić information content (AvgIpc) is 3.74. The topological polar surface area (TPSA) is 63.3 Å². The van der Waals surface area contributed by atoms with E-state index in [-0.39, 0.29) is 48.9 Å². The van der Waals surface area contributed by atoms with Crippen molar-refractivity contribution >= 4 is 48.3 Å². The number of hydrogen-bond donors (Lipinski definition) is 1. The number of aliphatic hydroxyl groups is 1. The molecule has 1 radical (unpaired) electrons. The van der Waals surface area contributed by atoms with Gasteiger partial charge in [-0.2, -0.15) is 0 Å². The number of rotatable bonds is 9. The number of thiophene rings is 1. The second-order valence-corrected chi connectivity index (χ2v) is 15.2. The minimum absolute atomic E-state index is 0. The number of carbonyl (C=O) groups is 1. The van der Waals surface area contributed by atoms with Crippen molar-refractivity contribution in [1.82, 2.24) is 4.98 Å². The van der Waals surface area contributed by atoms with Crippen LogP contribution in [0.15, 0.2) is 83.1 Å². The van der Waals surface area contributed by atoms with Crippen molar-refractivity contribution in [3.8, 4) is 22.6 Å². The van der Waals surface area contributed by atoms with E-state index in [0.717, 1.165) is 53.8 Å². The summed E-state index contributed by atoms with van der Waals surface area (Å²) in [6.45, 7) is 17.2. The molecule has 6 heteroatoms. The summed E-state index contributed by atoms with van der Waals surface area (Å²) in [5.74, 6) is 2.04. The van der Waals surface area contributed by atoms with Crippen LogP contribution in [-0.2, 0) is 30.3 Å². The summed E-state index contributed by atoms with van der Waals surface area (Å²) in [5, 5.41) is 13.5. The van der Waals surface area contributed by atoms with Gasteiger partial charge in [0.1, 0.15) is 11.3 Å². The Balaban J connectivity index is 0.000000261. The number of fused-ring (bicyclic) bond motifs is 8. The largest absolute Gasteiger partial charge is 0.512 e. The van der Waals surface area contributed by atoms with Crippen LogP contribution >= 0.6 is 11.3 Å². The molecule has 3 aromatic carbocycles. The fourth-order valence-corrected chi connectivity index (χ4v) is 8.53. The zero-order chi connectivity index (χ0) is 35.0. The predicted octanol–water partition coefficient (Wildman–Crippen LogP) is 13.0. The Labute approximate surface area is 314 Å². The van der Waals surface area contributed by atoms with E-state index in [9.17, 15) is 9.90 Å². The zero-order valence-electron chi connectivity index (χ0n) is 30.4. The maximum Gasteiger partial charge on any atom is 0.162 e. The monoisotopic (exact) mass is 863 g/mol. The van der Waals surface area contributed by atoms with E-state index >= 15 is 0 Å². The summed E-state index contributed by atoms with van der Waals surface area (Å²) in [6.07, 6.45) is 6.94. The standard InChI is InChI=1S/C31H24NOS.C13H24O2.Ir/c1-17(2)18-12-13-26-22(14-18)23-15-24(32-16-27(23)34-26)19-9-7-10-21-28(19)31(3,4)29-20-8-5-6-11-25(20)33-30(21)29;1-5-10(6-2)12(14)9-13(15)11(7-3)8-4;/h5-8,10-17H,1-4H3;9-11,14H,5-8H2,1-4H3;/q-1;;/b;12-9-;. The zero-order valence-corrected chi connectivity index (χ0v) is 33.7. The third kappa shape index (κ3) is 6.75. The Morgan fingerprint density at radius 3 is 2.26 bits per heavy atom. The van der Waals surface area contributed by atoms with Gasteiger partial charge in [0.05, 0.1) is 10.5 Å². The van der Waals surface area contributed by atoms with Gasteiger partial charge in [-0.1, -0.05) is 91.3 Å². The quantitative estimate of drug-likeness (QED) is 0.0893. The van der Waals surface area contributed by atoms with Gasteiger partial charge in [-0.25, -0.2) is 0 Å². The molecule has 3 aromatic heterocycles. The molecule has 7 rings (SSSR count). The van der Waals surface area contributed by atoms with Crippen LogP contribution in [0, 0.1) is 17.9 Å². The third-order valence-electron chi connectivity index (χ3n) is 10.5. The summed E-state index contributed by atoms with van der Waals surface area (Å²) in [4.78, 5) is 16.6. The van der Waals surface area contributed by atoms with Crippen molar-refractivity contribution in [1.29, 1.82) is 0 Å². The summed E-state index contributed by atoms with van der Waals surface area (Å²) < 4.78 is 8.92. The Bertz CT molecular complexity index is 2180. The van der Waals surface area contributed by atoms with E-state index in [1.165, 1.54) is 48.3 Å². The molecule has 1 aliphatic carbocycles. The van der Waals surface area contributed by atoms with Crippen LogP contribution in [0.5, 0.6) is 0 Å². The third-order valence-corrected chi connectivity index (χ3v) is 11.6. The molecule has 4 nitrogen and oxygen atoms in total. The normalized spacial score (nSPS) is 13.5. The van der Waals surface area contributed by atoms with Crippen LogP contribution in [-0.4, -0.2) is 15.9 Å². The molecule has 0 atom stereocenters. The predicted molar refractivity (Wildman–Crippen MR) is 207 cm³/mol. The number of benzene rings is 3. The first kappa shape index (κ1) is 37.7. The molecule has 0 bridgehead atoms. The first-order valence-electron chi connectivity index (χ1n) is 17.9. The minimum Gasteiger partial charge on any atom is -0.512 e. The van der Waals surface area contributed by atoms with Crippen LogP contribution in [0.1, 0.15) is 104 Å². The van der Waals surface area contributed by atoms with Crippen LogP contribution in [0.2, 0.25) is 0 Å². The Kier molecular flexibility index (Phi) is 11.6. The number of para-hydroxylation sites is 1. The molecule has 0 amide bonds. The fourth-order valence-electron chi connectivity index (χ4n) is 7.49. The molecule has 3 heterocycles. The van der Waals surface area contributed by atoms with Gasteiger partial charge >= 0.3 is 0 Å². The number of allylic oxidation sites excluding steroid dienone is 2. The van der Waals surface area contributed by atoms with Crippen molar-refractivity contribution < 1.29 is 34.4 Å². The average molecular weight is 863 g/mol. The van der Waals surface area contributed by atoms with Gasteiger partial charge in [-0.3, -0.25) is 4.79 Å². The second kappa shape index (κ2) is 15.4. The Hall–Kier alpha value is -3.57. The number of pyridine rings is 1. The number of hydrogen-bond acceptors (Lipinski definition) is 5. The van der Waals surface area contributed by atoms with E-state index in [4.69, 9.17) is 9.40 Å². The van der Waals surface area contributed by atoms with Gasteiger partial charge in [-0.15, -0.1) is 40.7 Å². The number of carbonyl (C=O) groups excluding carboxylic acids is 1. The molecule has 1 N–H and O–H groups in total. The van der Waals surface area contributed by atoms with E-state index in [1.807, 2.05) is 57.4 Å². The van der Waals surface area contributed by atoms with Crippen molar-refractivity contribution in [2.75, 3.05) is 0 Å². The van der Waals surface area contributed by atoms with Gasteiger partial charge in [0.15, 0.2) is 5.78 Å². The fraction of sp³-hybridized carbons (Fsp3) is 0.364. The maximum atomic E-state index is 11.7. The molecule has 0 fully saturated rings. The summed E-state index contributed by atoms with van der Waals surface area (Å²) >= 11 is 1.82. The van der Waals surface area contributed by atoms with Gasteiger partial charge < -0.3 is 14.5 Å². The number of aliphatic hydroxyl groups excluding tert-OH is 1. The molecule has 0 unspecified atom stereocenters. The summed E-state index contributed by atoms with van der Waals surface area (Å²) in [6, 6.07) is 25.2. The van der Waals surface area contributed by atoms with E-state index in [2.05, 4.69) is 82.3 Å². The minimum atomic E-state index is -0.206. The van der Waals surface area contributed by atoms with E-state index in [1.54, 1.807) is 0 Å². The smallest absolute Gasteiger partial charge is 0.162 e. The van der Waals surface area contributed by atoms with Gasteiger partial charge in [0.2, 0.25) is 0 Å². The van der Waals surface area contributed by atoms with Crippen molar-refractivity contribution in [2.45, 2.75) is 92.4 Å². The molecule has 6 aromatic rings. The molecule has 0 aliphatic heterocycles. The van der Waals surface area contributed by atoms with Crippen molar-refractivity contribution in [2.24, 2.45) is 11.8 Å². The number of ketones is 1. The van der Waals surface area contributed by atoms with Gasteiger partial charge in [0.25, 0.3) is 0 Å². The summed E-state index contributed by atoms with van der Waals surface area (Å²) in [7, 11) is 0. The SMILES string of the molecule is CC(C)c1ccc2sc3cnc(-c4[c-]ccc5c4C(C)(C)c4c-5oc5ccccc45)cc3c2c1.CCC(CC)C(=O)/C=C(\O)C(CC)CC.[Ir]. The molecule has 50 heavy (non-hydrogen) atoms. The molecular formula is C44H48IrNO3S-.